The lowest BCUT2D eigenvalue weighted by Crippen LogP contribution is -2.33. The number of phenolic OH excluding ortho intramolecular Hbond substituents is 1. The predicted molar refractivity (Wildman–Crippen MR) is 97.4 cm³/mol. The number of aromatic hydroxyl groups is 1. The molecule has 2 aromatic carbocycles. The summed E-state index contributed by atoms with van der Waals surface area (Å²) in [5, 5.41) is 17.1. The van der Waals surface area contributed by atoms with Crippen molar-refractivity contribution in [1.82, 2.24) is 5.01 Å². The van der Waals surface area contributed by atoms with Gasteiger partial charge < -0.3 is 14.3 Å². The highest BCUT2D eigenvalue weighted by Crippen LogP contribution is 2.48. The van der Waals surface area contributed by atoms with Crippen LogP contribution in [0.4, 0.5) is 0 Å². The molecular weight excluding hydrogens is 352 g/mol. The first-order chi connectivity index (χ1) is 12.7. The molecule has 5 rings (SSSR count). The number of hydrazone groups is 1. The zero-order valence-corrected chi connectivity index (χ0v) is 14.4. The van der Waals surface area contributed by atoms with Gasteiger partial charge in [-0.2, -0.15) is 5.10 Å². The van der Waals surface area contributed by atoms with E-state index in [1.54, 1.807) is 24.5 Å². The number of halogens is 1. The van der Waals surface area contributed by atoms with Crippen LogP contribution in [0.2, 0.25) is 5.02 Å². The number of hydrogen-bond donors (Lipinski definition) is 1. The van der Waals surface area contributed by atoms with Gasteiger partial charge in [-0.05, 0) is 36.4 Å². The highest BCUT2D eigenvalue weighted by Gasteiger charge is 2.42. The topological polar surface area (TPSA) is 58.2 Å². The van der Waals surface area contributed by atoms with Crippen molar-refractivity contribution in [1.29, 1.82) is 0 Å². The van der Waals surface area contributed by atoms with Gasteiger partial charge in [0.15, 0.2) is 0 Å². The maximum Gasteiger partial charge on any atom is 0.215 e. The molecule has 6 heteroatoms. The van der Waals surface area contributed by atoms with Gasteiger partial charge in [0.05, 0.1) is 12.3 Å². The Morgan fingerprint density at radius 1 is 1.08 bits per heavy atom. The van der Waals surface area contributed by atoms with Gasteiger partial charge in [-0.1, -0.05) is 29.8 Å². The third-order valence-electron chi connectivity index (χ3n) is 4.75. The van der Waals surface area contributed by atoms with E-state index in [2.05, 4.69) is 0 Å². The number of ether oxygens (including phenoxy) is 1. The van der Waals surface area contributed by atoms with Crippen LogP contribution in [-0.2, 0) is 0 Å². The van der Waals surface area contributed by atoms with Gasteiger partial charge in [0.2, 0.25) is 6.23 Å². The molecule has 1 N–H and O–H groups in total. The van der Waals surface area contributed by atoms with Crippen LogP contribution in [0.25, 0.3) is 0 Å². The lowest BCUT2D eigenvalue weighted by molar-refractivity contribution is -0.0190. The molecular formula is C20H15ClN2O3. The molecule has 2 atom stereocenters. The Labute approximate surface area is 155 Å². The molecule has 0 saturated heterocycles. The summed E-state index contributed by atoms with van der Waals surface area (Å²) < 4.78 is 11.8. The molecule has 3 heterocycles. The first-order valence-electron chi connectivity index (χ1n) is 8.34. The number of hydrogen-bond acceptors (Lipinski definition) is 5. The highest BCUT2D eigenvalue weighted by atomic mass is 35.5. The van der Waals surface area contributed by atoms with E-state index in [0.29, 0.717) is 17.0 Å². The summed E-state index contributed by atoms with van der Waals surface area (Å²) in [4.78, 5) is 0. The monoisotopic (exact) mass is 366 g/mol. The molecule has 0 bridgehead atoms. The molecule has 5 nitrogen and oxygen atoms in total. The molecule has 3 aromatic rings. The largest absolute Gasteiger partial charge is 0.508 e. The van der Waals surface area contributed by atoms with Crippen LogP contribution in [0.1, 0.15) is 35.6 Å². The minimum Gasteiger partial charge on any atom is -0.508 e. The Bertz CT molecular complexity index is 1000. The number of benzene rings is 2. The van der Waals surface area contributed by atoms with Crippen molar-refractivity contribution >= 4 is 17.3 Å². The number of rotatable bonds is 2. The Kier molecular flexibility index (Phi) is 3.43. The summed E-state index contributed by atoms with van der Waals surface area (Å²) in [7, 11) is 0. The average Bonchev–Trinajstić information content (AvgIpc) is 3.32. The Balaban J connectivity index is 1.64. The van der Waals surface area contributed by atoms with Gasteiger partial charge in [-0.15, -0.1) is 0 Å². The van der Waals surface area contributed by atoms with Crippen LogP contribution >= 0.6 is 11.6 Å². The van der Waals surface area contributed by atoms with E-state index in [-0.39, 0.29) is 11.8 Å². The van der Waals surface area contributed by atoms with Crippen molar-refractivity contribution in [3.05, 3.63) is 82.8 Å². The maximum absolute atomic E-state index is 9.92. The molecule has 0 saturated carbocycles. The highest BCUT2D eigenvalue weighted by molar-refractivity contribution is 6.31. The summed E-state index contributed by atoms with van der Waals surface area (Å²) >= 11 is 6.40. The molecule has 0 amide bonds. The molecule has 130 valence electrons. The summed E-state index contributed by atoms with van der Waals surface area (Å²) in [6.45, 7) is 0. The fourth-order valence-electron chi connectivity index (χ4n) is 3.55. The first-order valence-corrected chi connectivity index (χ1v) is 8.72. The molecule has 2 unspecified atom stereocenters. The summed E-state index contributed by atoms with van der Waals surface area (Å²) in [5.74, 6) is 1.68. The Morgan fingerprint density at radius 3 is 2.81 bits per heavy atom. The molecule has 2 aliphatic heterocycles. The Hall–Kier alpha value is -2.92. The second kappa shape index (κ2) is 5.81. The summed E-state index contributed by atoms with van der Waals surface area (Å²) in [6.07, 6.45) is 1.83. The van der Waals surface area contributed by atoms with Crippen molar-refractivity contribution in [3.63, 3.8) is 0 Å². The van der Waals surface area contributed by atoms with Gasteiger partial charge in [-0.3, -0.25) is 0 Å². The van der Waals surface area contributed by atoms with E-state index in [0.717, 1.165) is 22.8 Å². The van der Waals surface area contributed by atoms with E-state index in [4.69, 9.17) is 25.9 Å². The minimum atomic E-state index is -0.526. The van der Waals surface area contributed by atoms with Crippen LogP contribution in [0.5, 0.6) is 11.5 Å². The van der Waals surface area contributed by atoms with E-state index < -0.39 is 6.23 Å². The van der Waals surface area contributed by atoms with E-state index in [9.17, 15) is 5.11 Å². The fourth-order valence-corrected chi connectivity index (χ4v) is 3.76. The lowest BCUT2D eigenvalue weighted by atomic mass is 9.97. The number of furan rings is 1. The molecule has 1 aromatic heterocycles. The zero-order valence-electron chi connectivity index (χ0n) is 13.7. The molecule has 0 aliphatic carbocycles. The van der Waals surface area contributed by atoms with E-state index >= 15 is 0 Å². The van der Waals surface area contributed by atoms with Crippen molar-refractivity contribution in [2.45, 2.75) is 18.7 Å². The fraction of sp³-hybridized carbons (Fsp3) is 0.150. The zero-order chi connectivity index (χ0) is 17.7. The molecule has 0 fully saturated rings. The van der Waals surface area contributed by atoms with Gasteiger partial charge in [0.25, 0.3) is 0 Å². The summed E-state index contributed by atoms with van der Waals surface area (Å²) in [5.41, 5.74) is 2.61. The van der Waals surface area contributed by atoms with E-state index in [1.807, 2.05) is 41.4 Å². The van der Waals surface area contributed by atoms with Crippen molar-refractivity contribution in [2.75, 3.05) is 0 Å². The number of para-hydroxylation sites is 1. The predicted octanol–water partition coefficient (Wildman–Crippen LogP) is 4.88. The summed E-state index contributed by atoms with van der Waals surface area (Å²) in [6, 6.07) is 16.5. The smallest absolute Gasteiger partial charge is 0.215 e. The van der Waals surface area contributed by atoms with Crippen molar-refractivity contribution in [2.24, 2.45) is 5.10 Å². The minimum absolute atomic E-state index is 0.0171. The van der Waals surface area contributed by atoms with Gasteiger partial charge >= 0.3 is 0 Å². The molecule has 0 spiro atoms. The van der Waals surface area contributed by atoms with Crippen LogP contribution in [-0.4, -0.2) is 15.8 Å². The lowest BCUT2D eigenvalue weighted by Gasteiger charge is -2.38. The van der Waals surface area contributed by atoms with Crippen LogP contribution < -0.4 is 4.74 Å². The average molecular weight is 367 g/mol. The van der Waals surface area contributed by atoms with Crippen molar-refractivity contribution < 1.29 is 14.3 Å². The Morgan fingerprint density at radius 2 is 1.96 bits per heavy atom. The quantitative estimate of drug-likeness (QED) is 0.702. The molecule has 0 radical (unpaired) electrons. The number of phenols is 1. The first kappa shape index (κ1) is 15.3. The molecule has 2 aliphatic rings. The van der Waals surface area contributed by atoms with Gasteiger partial charge in [-0.25, -0.2) is 5.01 Å². The normalized spacial score (nSPS) is 21.0. The van der Waals surface area contributed by atoms with Crippen LogP contribution in [0, 0.1) is 0 Å². The number of nitrogens with zero attached hydrogens (tertiary/aromatic N) is 2. The van der Waals surface area contributed by atoms with Gasteiger partial charge in [0.1, 0.15) is 23.0 Å². The SMILES string of the molecule is Oc1ccc(Cl)c(C2Oc3ccccc3C3CC(c4ccco4)=NN32)c1. The number of fused-ring (bicyclic) bond motifs is 3. The van der Waals surface area contributed by atoms with Crippen LogP contribution in [0.3, 0.4) is 0 Å². The second-order valence-corrected chi connectivity index (χ2v) is 6.74. The molecule has 26 heavy (non-hydrogen) atoms. The standard InChI is InChI=1S/C20H15ClN2O3/c21-15-8-7-12(24)10-14(15)20-23-17(13-4-1-2-5-18(13)26-20)11-16(22-23)19-6-3-9-25-19/h1-10,17,20,24H,11H2. The third-order valence-corrected chi connectivity index (χ3v) is 5.09. The van der Waals surface area contributed by atoms with Gasteiger partial charge in [0, 0.05) is 22.6 Å². The second-order valence-electron chi connectivity index (χ2n) is 6.34. The van der Waals surface area contributed by atoms with E-state index in [1.165, 1.54) is 0 Å². The van der Waals surface area contributed by atoms with Crippen molar-refractivity contribution in [3.8, 4) is 11.5 Å². The van der Waals surface area contributed by atoms with Crippen LogP contribution in [0.15, 0.2) is 70.4 Å². The third kappa shape index (κ3) is 2.35. The maximum atomic E-state index is 9.92.